The number of benzene rings is 2. The molecule has 0 aliphatic heterocycles. The standard InChI is InChI=1S/C19H21ClO2/c1-14-12-15(8-10-17(14)20)6-4-3-5-7-16-9-11-18(21)19(13-16)22-2/h5,7-13,21H,3-4,6H2,1-2H3. The van der Waals surface area contributed by atoms with Gasteiger partial charge in [0.25, 0.3) is 0 Å². The molecule has 0 saturated heterocycles. The first-order valence-corrected chi connectivity index (χ1v) is 7.76. The molecule has 3 heteroatoms. The number of hydrogen-bond donors (Lipinski definition) is 1. The summed E-state index contributed by atoms with van der Waals surface area (Å²) in [5.74, 6) is 0.663. The minimum atomic E-state index is 0.165. The number of phenolic OH excluding ortho intramolecular Hbond substituents is 1. The van der Waals surface area contributed by atoms with Gasteiger partial charge in [-0.2, -0.15) is 0 Å². The summed E-state index contributed by atoms with van der Waals surface area (Å²) >= 11 is 6.03. The Morgan fingerprint density at radius 2 is 2.00 bits per heavy atom. The van der Waals surface area contributed by atoms with Crippen molar-refractivity contribution in [1.82, 2.24) is 0 Å². The van der Waals surface area contributed by atoms with Crippen LogP contribution in [0.25, 0.3) is 6.08 Å². The molecule has 0 spiro atoms. The quantitative estimate of drug-likeness (QED) is 0.723. The molecule has 0 atom stereocenters. The van der Waals surface area contributed by atoms with Gasteiger partial charge in [0.1, 0.15) is 0 Å². The van der Waals surface area contributed by atoms with Gasteiger partial charge in [0.15, 0.2) is 11.5 Å². The van der Waals surface area contributed by atoms with E-state index in [-0.39, 0.29) is 5.75 Å². The van der Waals surface area contributed by atoms with Gasteiger partial charge in [-0.3, -0.25) is 0 Å². The zero-order valence-corrected chi connectivity index (χ0v) is 13.7. The first kappa shape index (κ1) is 16.4. The summed E-state index contributed by atoms with van der Waals surface area (Å²) in [5.41, 5.74) is 3.48. The molecule has 0 unspecified atom stereocenters. The average molecular weight is 317 g/mol. The number of unbranched alkanes of at least 4 members (excludes halogenated alkanes) is 1. The van der Waals surface area contributed by atoms with E-state index in [1.54, 1.807) is 13.2 Å². The van der Waals surface area contributed by atoms with E-state index in [1.807, 2.05) is 25.1 Å². The summed E-state index contributed by atoms with van der Waals surface area (Å²) in [6, 6.07) is 11.5. The Morgan fingerprint density at radius 1 is 1.18 bits per heavy atom. The van der Waals surface area contributed by atoms with Gasteiger partial charge < -0.3 is 9.84 Å². The smallest absolute Gasteiger partial charge is 0.161 e. The zero-order chi connectivity index (χ0) is 15.9. The predicted octanol–water partition coefficient (Wildman–Crippen LogP) is 5.40. The second-order valence-electron chi connectivity index (χ2n) is 5.31. The lowest BCUT2D eigenvalue weighted by Gasteiger charge is -2.04. The Balaban J connectivity index is 1.84. The van der Waals surface area contributed by atoms with Crippen molar-refractivity contribution < 1.29 is 9.84 Å². The van der Waals surface area contributed by atoms with Crippen molar-refractivity contribution in [2.75, 3.05) is 7.11 Å². The Labute approximate surface area is 137 Å². The van der Waals surface area contributed by atoms with Crippen LogP contribution < -0.4 is 4.74 Å². The van der Waals surface area contributed by atoms with Crippen LogP contribution in [0.5, 0.6) is 11.5 Å². The van der Waals surface area contributed by atoms with E-state index in [0.29, 0.717) is 5.75 Å². The van der Waals surface area contributed by atoms with Crippen molar-refractivity contribution >= 4 is 17.7 Å². The third kappa shape index (κ3) is 4.54. The average Bonchev–Trinajstić information content (AvgIpc) is 2.52. The normalized spacial score (nSPS) is 11.0. The minimum Gasteiger partial charge on any atom is -0.504 e. The lowest BCUT2D eigenvalue weighted by Crippen LogP contribution is -1.86. The molecule has 22 heavy (non-hydrogen) atoms. The van der Waals surface area contributed by atoms with Crippen LogP contribution >= 0.6 is 11.6 Å². The van der Waals surface area contributed by atoms with Gasteiger partial charge in [0.2, 0.25) is 0 Å². The number of halogens is 1. The summed E-state index contributed by atoms with van der Waals surface area (Å²) in [4.78, 5) is 0. The van der Waals surface area contributed by atoms with Crippen LogP contribution in [-0.4, -0.2) is 12.2 Å². The maximum Gasteiger partial charge on any atom is 0.161 e. The van der Waals surface area contributed by atoms with Crippen LogP contribution in [0.3, 0.4) is 0 Å². The molecule has 0 amide bonds. The number of ether oxygens (including phenoxy) is 1. The molecule has 2 aromatic carbocycles. The van der Waals surface area contributed by atoms with E-state index < -0.39 is 0 Å². The summed E-state index contributed by atoms with van der Waals surface area (Å²) in [6.45, 7) is 2.03. The molecule has 0 bridgehead atoms. The maximum absolute atomic E-state index is 9.55. The first-order valence-electron chi connectivity index (χ1n) is 7.38. The van der Waals surface area contributed by atoms with Crippen LogP contribution in [0.2, 0.25) is 5.02 Å². The number of phenols is 1. The van der Waals surface area contributed by atoms with Gasteiger partial charge in [0.05, 0.1) is 7.11 Å². The van der Waals surface area contributed by atoms with Crippen LogP contribution in [0, 0.1) is 6.92 Å². The van der Waals surface area contributed by atoms with Gasteiger partial charge in [-0.15, -0.1) is 0 Å². The zero-order valence-electron chi connectivity index (χ0n) is 13.0. The molecule has 2 aromatic rings. The van der Waals surface area contributed by atoms with Crippen LogP contribution in [0.1, 0.15) is 29.5 Å². The summed E-state index contributed by atoms with van der Waals surface area (Å²) in [5, 5.41) is 10.4. The largest absolute Gasteiger partial charge is 0.504 e. The molecular formula is C19H21ClO2. The van der Waals surface area contributed by atoms with E-state index >= 15 is 0 Å². The van der Waals surface area contributed by atoms with Gasteiger partial charge in [-0.05, 0) is 61.1 Å². The molecule has 0 aromatic heterocycles. The lowest BCUT2D eigenvalue weighted by molar-refractivity contribution is 0.373. The monoisotopic (exact) mass is 316 g/mol. The van der Waals surface area contributed by atoms with Crippen LogP contribution in [0.4, 0.5) is 0 Å². The molecule has 0 heterocycles. The minimum absolute atomic E-state index is 0.165. The number of hydrogen-bond acceptors (Lipinski definition) is 2. The van der Waals surface area contributed by atoms with Gasteiger partial charge in [-0.25, -0.2) is 0 Å². The van der Waals surface area contributed by atoms with Crippen LogP contribution in [-0.2, 0) is 6.42 Å². The van der Waals surface area contributed by atoms with Crippen molar-refractivity contribution in [1.29, 1.82) is 0 Å². The number of methoxy groups -OCH3 is 1. The summed E-state index contributed by atoms with van der Waals surface area (Å²) in [6.07, 6.45) is 7.34. The highest BCUT2D eigenvalue weighted by molar-refractivity contribution is 6.31. The maximum atomic E-state index is 9.55. The number of aryl methyl sites for hydroxylation is 2. The molecule has 1 N–H and O–H groups in total. The molecule has 2 nitrogen and oxygen atoms in total. The molecule has 0 aliphatic rings. The van der Waals surface area contributed by atoms with Crippen molar-refractivity contribution in [3.8, 4) is 11.5 Å². The predicted molar refractivity (Wildman–Crippen MR) is 92.8 cm³/mol. The van der Waals surface area contributed by atoms with E-state index in [0.717, 1.165) is 35.4 Å². The number of aromatic hydroxyl groups is 1. The van der Waals surface area contributed by atoms with Gasteiger partial charge >= 0.3 is 0 Å². The Bertz CT molecular complexity index is 662. The molecule has 2 rings (SSSR count). The fraction of sp³-hybridized carbons (Fsp3) is 0.263. The first-order chi connectivity index (χ1) is 10.6. The van der Waals surface area contributed by atoms with Crippen molar-refractivity contribution in [2.45, 2.75) is 26.2 Å². The van der Waals surface area contributed by atoms with Gasteiger partial charge in [-0.1, -0.05) is 42.0 Å². The molecule has 0 fully saturated rings. The number of allylic oxidation sites excluding steroid dienone is 1. The highest BCUT2D eigenvalue weighted by Gasteiger charge is 2.00. The fourth-order valence-electron chi connectivity index (χ4n) is 2.30. The molecule has 116 valence electrons. The van der Waals surface area contributed by atoms with E-state index in [9.17, 15) is 5.11 Å². The number of rotatable bonds is 6. The summed E-state index contributed by atoms with van der Waals surface area (Å²) < 4.78 is 5.10. The van der Waals surface area contributed by atoms with Gasteiger partial charge in [0, 0.05) is 5.02 Å². The van der Waals surface area contributed by atoms with Crippen molar-refractivity contribution in [3.05, 3.63) is 64.2 Å². The fourth-order valence-corrected chi connectivity index (χ4v) is 2.42. The Hall–Kier alpha value is -1.93. The Morgan fingerprint density at radius 3 is 2.73 bits per heavy atom. The summed E-state index contributed by atoms with van der Waals surface area (Å²) in [7, 11) is 1.55. The Kier molecular flexibility index (Phi) is 5.91. The van der Waals surface area contributed by atoms with E-state index in [1.165, 1.54) is 5.56 Å². The highest BCUT2D eigenvalue weighted by atomic mass is 35.5. The molecule has 0 radical (unpaired) electrons. The van der Waals surface area contributed by atoms with E-state index in [4.69, 9.17) is 16.3 Å². The molecule has 0 aliphatic carbocycles. The van der Waals surface area contributed by atoms with Crippen molar-refractivity contribution in [2.24, 2.45) is 0 Å². The topological polar surface area (TPSA) is 29.5 Å². The third-order valence-corrected chi connectivity index (χ3v) is 4.00. The second-order valence-corrected chi connectivity index (χ2v) is 5.72. The lowest BCUT2D eigenvalue weighted by atomic mass is 10.1. The van der Waals surface area contributed by atoms with Crippen molar-refractivity contribution in [3.63, 3.8) is 0 Å². The van der Waals surface area contributed by atoms with E-state index in [2.05, 4.69) is 24.3 Å². The SMILES string of the molecule is COc1cc(C=CCCCc2ccc(Cl)c(C)c2)ccc1O. The molecule has 0 saturated carbocycles. The molecular weight excluding hydrogens is 296 g/mol. The third-order valence-electron chi connectivity index (χ3n) is 3.57. The highest BCUT2D eigenvalue weighted by Crippen LogP contribution is 2.26. The van der Waals surface area contributed by atoms with Crippen LogP contribution in [0.15, 0.2) is 42.5 Å². The second kappa shape index (κ2) is 7.90.